The van der Waals surface area contributed by atoms with E-state index in [4.69, 9.17) is 11.6 Å². The molecule has 3 aromatic rings. The van der Waals surface area contributed by atoms with Crippen molar-refractivity contribution in [2.45, 2.75) is 18.5 Å². The van der Waals surface area contributed by atoms with Gasteiger partial charge in [-0.15, -0.1) is 0 Å². The van der Waals surface area contributed by atoms with Crippen LogP contribution in [0.4, 0.5) is 10.3 Å². The van der Waals surface area contributed by atoms with Crippen molar-refractivity contribution in [2.24, 2.45) is 0 Å². The highest BCUT2D eigenvalue weighted by Gasteiger charge is 2.30. The van der Waals surface area contributed by atoms with Crippen LogP contribution in [0.1, 0.15) is 29.6 Å². The van der Waals surface area contributed by atoms with Crippen LogP contribution < -0.4 is 5.32 Å². The minimum absolute atomic E-state index is 0.0162. The second-order valence-corrected chi connectivity index (χ2v) is 5.96. The first-order chi connectivity index (χ1) is 11.2. The smallest absolute Gasteiger partial charge is 0.222 e. The summed E-state index contributed by atoms with van der Waals surface area (Å²) in [4.78, 5) is 4.28. The van der Waals surface area contributed by atoms with Gasteiger partial charge in [-0.25, -0.2) is 9.07 Å². The van der Waals surface area contributed by atoms with Crippen LogP contribution in [0.25, 0.3) is 0 Å². The lowest BCUT2D eigenvalue weighted by atomic mass is 9.93. The average molecular weight is 329 g/mol. The van der Waals surface area contributed by atoms with E-state index >= 15 is 0 Å². The SMILES string of the molecule is Fc1ccc([C@H]2C[C@@H](c3ccccc3Cl)n3ncnc3N2)cc1. The Balaban J connectivity index is 1.75. The molecule has 0 saturated carbocycles. The molecule has 0 amide bonds. The topological polar surface area (TPSA) is 42.7 Å². The number of aromatic nitrogens is 3. The molecule has 2 heterocycles. The Morgan fingerprint density at radius 3 is 2.70 bits per heavy atom. The second kappa shape index (κ2) is 5.66. The molecule has 0 unspecified atom stereocenters. The molecule has 0 fully saturated rings. The summed E-state index contributed by atoms with van der Waals surface area (Å²) in [6, 6.07) is 14.3. The predicted octanol–water partition coefficient (Wildman–Crippen LogP) is 4.22. The quantitative estimate of drug-likeness (QED) is 0.766. The number of hydrogen-bond acceptors (Lipinski definition) is 3. The number of nitrogens with zero attached hydrogens (tertiary/aromatic N) is 3. The van der Waals surface area contributed by atoms with Crippen LogP contribution in [-0.4, -0.2) is 14.8 Å². The van der Waals surface area contributed by atoms with E-state index < -0.39 is 0 Å². The van der Waals surface area contributed by atoms with Crippen molar-refractivity contribution in [1.29, 1.82) is 0 Å². The van der Waals surface area contributed by atoms with Crippen molar-refractivity contribution in [3.8, 4) is 0 Å². The Labute approximate surface area is 137 Å². The third kappa shape index (κ3) is 2.57. The van der Waals surface area contributed by atoms with E-state index in [0.717, 1.165) is 17.5 Å². The molecule has 1 aliphatic rings. The van der Waals surface area contributed by atoms with Crippen molar-refractivity contribution in [3.05, 3.63) is 76.8 Å². The zero-order valence-corrected chi connectivity index (χ0v) is 12.9. The lowest BCUT2D eigenvalue weighted by Crippen LogP contribution is -2.28. The number of nitrogens with one attached hydrogen (secondary N) is 1. The summed E-state index contributed by atoms with van der Waals surface area (Å²) in [6.07, 6.45) is 2.28. The maximum absolute atomic E-state index is 13.2. The zero-order chi connectivity index (χ0) is 15.8. The van der Waals surface area contributed by atoms with E-state index in [-0.39, 0.29) is 17.9 Å². The molecule has 2 atom stereocenters. The van der Waals surface area contributed by atoms with Gasteiger partial charge in [0.25, 0.3) is 0 Å². The summed E-state index contributed by atoms with van der Waals surface area (Å²) in [7, 11) is 0. The molecular weight excluding hydrogens is 315 g/mol. The largest absolute Gasteiger partial charge is 0.348 e. The molecule has 4 rings (SSSR count). The van der Waals surface area contributed by atoms with E-state index in [1.807, 2.05) is 28.9 Å². The zero-order valence-electron chi connectivity index (χ0n) is 12.2. The number of hydrogen-bond donors (Lipinski definition) is 1. The molecule has 0 bridgehead atoms. The van der Waals surface area contributed by atoms with Gasteiger partial charge < -0.3 is 5.32 Å². The van der Waals surface area contributed by atoms with E-state index in [0.29, 0.717) is 11.0 Å². The highest BCUT2D eigenvalue weighted by atomic mass is 35.5. The number of fused-ring (bicyclic) bond motifs is 1. The van der Waals surface area contributed by atoms with Crippen LogP contribution in [0.2, 0.25) is 5.02 Å². The van der Waals surface area contributed by atoms with Crippen molar-refractivity contribution >= 4 is 17.5 Å². The summed E-state index contributed by atoms with van der Waals surface area (Å²) in [5.41, 5.74) is 2.02. The molecule has 0 saturated heterocycles. The van der Waals surface area contributed by atoms with Crippen LogP contribution in [0.3, 0.4) is 0 Å². The third-order valence-corrected chi connectivity index (χ3v) is 4.51. The van der Waals surface area contributed by atoms with Gasteiger partial charge >= 0.3 is 0 Å². The minimum Gasteiger partial charge on any atom is -0.348 e. The third-order valence-electron chi connectivity index (χ3n) is 4.17. The molecule has 4 nitrogen and oxygen atoms in total. The standard InChI is InChI=1S/C17H14ClFN4/c18-14-4-2-1-3-13(14)16-9-15(11-5-7-12(19)8-6-11)22-17-20-10-21-23(16)17/h1-8,10,15-16H,9H2,(H,20,21,22)/t15-,16+/m1/s1. The summed E-state index contributed by atoms with van der Waals surface area (Å²) in [5, 5.41) is 8.39. The molecule has 23 heavy (non-hydrogen) atoms. The summed E-state index contributed by atoms with van der Waals surface area (Å²) >= 11 is 6.37. The summed E-state index contributed by atoms with van der Waals surface area (Å²) in [6.45, 7) is 0. The molecule has 0 spiro atoms. The molecule has 116 valence electrons. The molecule has 2 aromatic carbocycles. The Bertz CT molecular complexity index is 831. The number of benzene rings is 2. The van der Waals surface area contributed by atoms with Gasteiger partial charge in [0.05, 0.1) is 12.1 Å². The van der Waals surface area contributed by atoms with Crippen LogP contribution in [0, 0.1) is 5.82 Å². The normalized spacial score (nSPS) is 19.9. The monoisotopic (exact) mass is 328 g/mol. The highest BCUT2D eigenvalue weighted by molar-refractivity contribution is 6.31. The van der Waals surface area contributed by atoms with E-state index in [1.165, 1.54) is 18.5 Å². The van der Waals surface area contributed by atoms with Crippen molar-refractivity contribution in [3.63, 3.8) is 0 Å². The fourth-order valence-electron chi connectivity index (χ4n) is 3.04. The van der Waals surface area contributed by atoms with Gasteiger partial charge in [0.2, 0.25) is 5.95 Å². The number of rotatable bonds is 2. The van der Waals surface area contributed by atoms with E-state index in [2.05, 4.69) is 15.4 Å². The predicted molar refractivity (Wildman–Crippen MR) is 87.0 cm³/mol. The molecule has 0 radical (unpaired) electrons. The van der Waals surface area contributed by atoms with Crippen molar-refractivity contribution < 1.29 is 4.39 Å². The molecule has 0 aliphatic carbocycles. The Kier molecular flexibility index (Phi) is 3.50. The Morgan fingerprint density at radius 1 is 1.13 bits per heavy atom. The molecule has 1 aromatic heterocycles. The summed E-state index contributed by atoms with van der Waals surface area (Å²) < 4.78 is 15.0. The van der Waals surface area contributed by atoms with Crippen molar-refractivity contribution in [2.75, 3.05) is 5.32 Å². The van der Waals surface area contributed by atoms with Crippen LogP contribution in [-0.2, 0) is 0 Å². The Morgan fingerprint density at radius 2 is 1.91 bits per heavy atom. The lowest BCUT2D eigenvalue weighted by molar-refractivity contribution is 0.430. The molecule has 1 aliphatic heterocycles. The number of anilines is 1. The minimum atomic E-state index is -0.240. The number of halogens is 2. The first-order valence-electron chi connectivity index (χ1n) is 7.38. The van der Waals surface area contributed by atoms with Gasteiger partial charge in [0.15, 0.2) is 0 Å². The van der Waals surface area contributed by atoms with Gasteiger partial charge in [-0.2, -0.15) is 10.1 Å². The van der Waals surface area contributed by atoms with Gasteiger partial charge in [-0.3, -0.25) is 0 Å². The van der Waals surface area contributed by atoms with E-state index in [1.54, 1.807) is 12.1 Å². The maximum Gasteiger partial charge on any atom is 0.222 e. The molecule has 1 N–H and O–H groups in total. The van der Waals surface area contributed by atoms with Gasteiger partial charge in [-0.1, -0.05) is 41.9 Å². The molecular formula is C17H14ClFN4. The second-order valence-electron chi connectivity index (χ2n) is 5.55. The lowest BCUT2D eigenvalue weighted by Gasteiger charge is -2.32. The Hall–Kier alpha value is -2.40. The first kappa shape index (κ1) is 14.2. The van der Waals surface area contributed by atoms with E-state index in [9.17, 15) is 4.39 Å². The van der Waals surface area contributed by atoms with Crippen LogP contribution in [0.15, 0.2) is 54.9 Å². The van der Waals surface area contributed by atoms with Crippen molar-refractivity contribution in [1.82, 2.24) is 14.8 Å². The highest BCUT2D eigenvalue weighted by Crippen LogP contribution is 2.39. The fraction of sp³-hybridized carbons (Fsp3) is 0.176. The summed E-state index contributed by atoms with van der Waals surface area (Å²) in [5.74, 6) is 0.450. The first-order valence-corrected chi connectivity index (χ1v) is 7.76. The van der Waals surface area contributed by atoms with Crippen LogP contribution >= 0.6 is 11.6 Å². The molecule has 6 heteroatoms. The fourth-order valence-corrected chi connectivity index (χ4v) is 3.30. The average Bonchev–Trinajstić information content (AvgIpc) is 3.04. The van der Waals surface area contributed by atoms with Gasteiger partial charge in [-0.05, 0) is 35.7 Å². The van der Waals surface area contributed by atoms with Gasteiger partial charge in [0.1, 0.15) is 12.1 Å². The van der Waals surface area contributed by atoms with Crippen LogP contribution in [0.5, 0.6) is 0 Å². The maximum atomic E-state index is 13.2. The van der Waals surface area contributed by atoms with Gasteiger partial charge in [0, 0.05) is 5.02 Å².